The van der Waals surface area contributed by atoms with E-state index in [0.717, 1.165) is 0 Å². The lowest BCUT2D eigenvalue weighted by Crippen LogP contribution is -2.18. The normalized spacial score (nSPS) is 11.6. The number of carbonyl (C=O) groups is 1. The van der Waals surface area contributed by atoms with Crippen molar-refractivity contribution in [2.75, 3.05) is 13.2 Å². The Labute approximate surface area is 80.1 Å². The Kier molecular flexibility index (Phi) is 5.05. The third-order valence-electron chi connectivity index (χ3n) is 1.13. The highest BCUT2D eigenvalue weighted by molar-refractivity contribution is 5.85. The van der Waals surface area contributed by atoms with E-state index in [9.17, 15) is 14.9 Å². The van der Waals surface area contributed by atoms with Gasteiger partial charge < -0.3 is 14.6 Å². The SMILES string of the molecule is CCOC(=O)/C(=C(\O)OCC)[N+](=O)[O-]. The Bertz CT molecular complexity index is 259. The molecule has 0 aromatic heterocycles. The summed E-state index contributed by atoms with van der Waals surface area (Å²) in [6.45, 7) is 3.00. The van der Waals surface area contributed by atoms with E-state index in [1.807, 2.05) is 0 Å². The van der Waals surface area contributed by atoms with E-state index in [-0.39, 0.29) is 13.2 Å². The molecule has 0 saturated heterocycles. The Hall–Kier alpha value is -1.79. The Morgan fingerprint density at radius 1 is 1.36 bits per heavy atom. The Balaban J connectivity index is 4.83. The third-order valence-corrected chi connectivity index (χ3v) is 1.13. The summed E-state index contributed by atoms with van der Waals surface area (Å²) in [5.74, 6) is -2.25. The molecule has 0 radical (unpaired) electrons. The first-order valence-corrected chi connectivity index (χ1v) is 3.92. The molecule has 0 saturated carbocycles. The summed E-state index contributed by atoms with van der Waals surface area (Å²) >= 11 is 0. The fourth-order valence-corrected chi connectivity index (χ4v) is 0.644. The van der Waals surface area contributed by atoms with E-state index < -0.39 is 22.5 Å². The molecule has 0 rings (SSSR count). The smallest absolute Gasteiger partial charge is 0.432 e. The van der Waals surface area contributed by atoms with E-state index in [2.05, 4.69) is 9.47 Å². The number of aliphatic hydroxyl groups is 1. The quantitative estimate of drug-likeness (QED) is 0.232. The van der Waals surface area contributed by atoms with Crippen LogP contribution in [0.15, 0.2) is 11.6 Å². The minimum Gasteiger partial charge on any atom is -0.476 e. The lowest BCUT2D eigenvalue weighted by atomic mass is 10.5. The molecule has 7 heteroatoms. The molecule has 14 heavy (non-hydrogen) atoms. The minimum atomic E-state index is -1.22. The van der Waals surface area contributed by atoms with Crippen LogP contribution < -0.4 is 0 Å². The molecule has 0 heterocycles. The molecule has 0 fully saturated rings. The highest BCUT2D eigenvalue weighted by atomic mass is 16.6. The Morgan fingerprint density at radius 2 is 1.86 bits per heavy atom. The predicted octanol–water partition coefficient (Wildman–Crippen LogP) is 0.590. The van der Waals surface area contributed by atoms with Gasteiger partial charge in [-0.3, -0.25) is 10.1 Å². The molecular formula is C7H11NO6. The summed E-state index contributed by atoms with van der Waals surface area (Å²) in [7, 11) is 0. The van der Waals surface area contributed by atoms with Gasteiger partial charge in [-0.1, -0.05) is 0 Å². The van der Waals surface area contributed by atoms with E-state index in [0.29, 0.717) is 0 Å². The number of carbonyl (C=O) groups excluding carboxylic acids is 1. The van der Waals surface area contributed by atoms with E-state index >= 15 is 0 Å². The minimum absolute atomic E-state index is 0.0164. The van der Waals surface area contributed by atoms with Crippen LogP contribution in [0.25, 0.3) is 0 Å². The van der Waals surface area contributed by atoms with Gasteiger partial charge >= 0.3 is 17.6 Å². The van der Waals surface area contributed by atoms with Crippen LogP contribution in [-0.2, 0) is 14.3 Å². The molecule has 0 aromatic rings. The van der Waals surface area contributed by atoms with Crippen molar-refractivity contribution in [2.24, 2.45) is 0 Å². The molecule has 0 aromatic carbocycles. The molecule has 7 nitrogen and oxygen atoms in total. The van der Waals surface area contributed by atoms with Gasteiger partial charge in [0.1, 0.15) is 0 Å². The first-order valence-electron chi connectivity index (χ1n) is 3.92. The summed E-state index contributed by atoms with van der Waals surface area (Å²) in [5, 5.41) is 19.3. The number of ether oxygens (including phenoxy) is 2. The summed E-state index contributed by atoms with van der Waals surface area (Å²) in [4.78, 5) is 20.2. The van der Waals surface area contributed by atoms with Crippen LogP contribution in [0.4, 0.5) is 0 Å². The standard InChI is InChI=1S/C7H11NO6/c1-3-13-6(9)5(8(11)12)7(10)14-4-2/h9H,3-4H2,1-2H3/b6-5-. The molecule has 0 aliphatic heterocycles. The number of nitrogens with zero attached hydrogens (tertiary/aromatic N) is 1. The number of hydrogen-bond donors (Lipinski definition) is 1. The van der Waals surface area contributed by atoms with Crippen molar-refractivity contribution in [3.8, 4) is 0 Å². The fraction of sp³-hybridized carbons (Fsp3) is 0.571. The maximum atomic E-state index is 10.9. The van der Waals surface area contributed by atoms with Gasteiger partial charge in [0, 0.05) is 0 Å². The summed E-state index contributed by atoms with van der Waals surface area (Å²) in [6.07, 6.45) is 0. The van der Waals surface area contributed by atoms with Crippen LogP contribution in [0.3, 0.4) is 0 Å². The van der Waals surface area contributed by atoms with Gasteiger partial charge in [-0.2, -0.15) is 0 Å². The molecule has 0 amide bonds. The monoisotopic (exact) mass is 205 g/mol. The molecular weight excluding hydrogens is 194 g/mol. The second-order valence-electron chi connectivity index (χ2n) is 2.06. The van der Waals surface area contributed by atoms with Crippen molar-refractivity contribution < 1.29 is 24.3 Å². The van der Waals surface area contributed by atoms with E-state index in [4.69, 9.17) is 5.11 Å². The van der Waals surface area contributed by atoms with Gasteiger partial charge in [-0.25, -0.2) is 4.79 Å². The molecule has 0 spiro atoms. The summed E-state index contributed by atoms with van der Waals surface area (Å²) in [5.41, 5.74) is -1.09. The lowest BCUT2D eigenvalue weighted by Gasteiger charge is -2.02. The number of aliphatic hydroxyl groups excluding tert-OH is 1. The summed E-state index contributed by atoms with van der Waals surface area (Å²) < 4.78 is 8.78. The number of rotatable bonds is 5. The lowest BCUT2D eigenvalue weighted by molar-refractivity contribution is -0.427. The molecule has 0 aliphatic carbocycles. The first kappa shape index (κ1) is 12.2. The molecule has 0 bridgehead atoms. The molecule has 0 unspecified atom stereocenters. The maximum Gasteiger partial charge on any atom is 0.432 e. The van der Waals surface area contributed by atoms with Crippen molar-refractivity contribution in [1.29, 1.82) is 0 Å². The van der Waals surface area contributed by atoms with Gasteiger partial charge in [0.25, 0.3) is 0 Å². The zero-order valence-corrected chi connectivity index (χ0v) is 7.85. The van der Waals surface area contributed by atoms with Gasteiger partial charge in [0.2, 0.25) is 0 Å². The highest BCUT2D eigenvalue weighted by Crippen LogP contribution is 2.06. The largest absolute Gasteiger partial charge is 0.476 e. The van der Waals surface area contributed by atoms with Crippen LogP contribution in [0.2, 0.25) is 0 Å². The zero-order chi connectivity index (χ0) is 11.1. The molecule has 0 aliphatic rings. The highest BCUT2D eigenvalue weighted by Gasteiger charge is 2.31. The van der Waals surface area contributed by atoms with Crippen LogP contribution >= 0.6 is 0 Å². The number of nitro groups is 1. The van der Waals surface area contributed by atoms with Crippen molar-refractivity contribution in [3.63, 3.8) is 0 Å². The van der Waals surface area contributed by atoms with Gasteiger partial charge in [-0.05, 0) is 13.8 Å². The number of esters is 1. The van der Waals surface area contributed by atoms with Crippen LogP contribution in [0.1, 0.15) is 13.8 Å². The van der Waals surface area contributed by atoms with Crippen molar-refractivity contribution in [3.05, 3.63) is 21.8 Å². The molecule has 1 N–H and O–H groups in total. The van der Waals surface area contributed by atoms with E-state index in [1.54, 1.807) is 0 Å². The van der Waals surface area contributed by atoms with Crippen LogP contribution in [0, 0.1) is 10.1 Å². The second kappa shape index (κ2) is 5.79. The first-order chi connectivity index (χ1) is 6.54. The number of hydrogen-bond acceptors (Lipinski definition) is 6. The fourth-order valence-electron chi connectivity index (χ4n) is 0.644. The Morgan fingerprint density at radius 3 is 2.21 bits per heavy atom. The van der Waals surface area contributed by atoms with Gasteiger partial charge in [0.05, 0.1) is 18.1 Å². The maximum absolute atomic E-state index is 10.9. The van der Waals surface area contributed by atoms with Crippen LogP contribution in [0.5, 0.6) is 0 Å². The van der Waals surface area contributed by atoms with E-state index in [1.165, 1.54) is 13.8 Å². The zero-order valence-electron chi connectivity index (χ0n) is 7.85. The average molecular weight is 205 g/mol. The molecule has 0 atom stereocenters. The van der Waals surface area contributed by atoms with Gasteiger partial charge in [-0.15, -0.1) is 0 Å². The van der Waals surface area contributed by atoms with Gasteiger partial charge in [0.15, 0.2) is 0 Å². The average Bonchev–Trinajstić information content (AvgIpc) is 2.04. The van der Waals surface area contributed by atoms with Crippen molar-refractivity contribution in [1.82, 2.24) is 0 Å². The van der Waals surface area contributed by atoms with Crippen LogP contribution in [-0.4, -0.2) is 29.2 Å². The second-order valence-corrected chi connectivity index (χ2v) is 2.06. The molecule has 80 valence electrons. The summed E-state index contributed by atoms with van der Waals surface area (Å²) in [6, 6.07) is 0. The topological polar surface area (TPSA) is 98.9 Å². The van der Waals surface area contributed by atoms with Crippen molar-refractivity contribution >= 4 is 5.97 Å². The van der Waals surface area contributed by atoms with Crippen molar-refractivity contribution in [2.45, 2.75) is 13.8 Å². The third kappa shape index (κ3) is 3.30. The predicted molar refractivity (Wildman–Crippen MR) is 44.9 cm³/mol.